The van der Waals surface area contributed by atoms with Crippen molar-refractivity contribution in [2.45, 2.75) is 30.8 Å². The van der Waals surface area contributed by atoms with Crippen LogP contribution >= 0.6 is 11.8 Å². The molecule has 2 aliphatic heterocycles. The summed E-state index contributed by atoms with van der Waals surface area (Å²) in [6.07, 6.45) is 5.70. The largest absolute Gasteiger partial charge is 0.467 e. The lowest BCUT2D eigenvalue weighted by Gasteiger charge is -2.28. The third kappa shape index (κ3) is 2.65. The van der Waals surface area contributed by atoms with Crippen molar-refractivity contribution >= 4 is 16.9 Å². The van der Waals surface area contributed by atoms with Crippen LogP contribution in [0.4, 0.5) is 0 Å². The van der Waals surface area contributed by atoms with Crippen molar-refractivity contribution in [2.24, 2.45) is 4.99 Å². The molecular weight excluding hydrogens is 344 g/mol. The molecule has 5 nitrogen and oxygen atoms in total. The average Bonchev–Trinajstić information content (AvgIpc) is 3.41. The number of nitrogens with zero attached hydrogens (tertiary/aromatic N) is 4. The fourth-order valence-corrected chi connectivity index (χ4v) is 4.94. The van der Waals surface area contributed by atoms with Crippen LogP contribution in [-0.4, -0.2) is 31.4 Å². The van der Waals surface area contributed by atoms with Gasteiger partial charge in [0.2, 0.25) is 0 Å². The number of hydrogen-bond donors (Lipinski definition) is 0. The van der Waals surface area contributed by atoms with Crippen LogP contribution in [0.25, 0.3) is 0 Å². The van der Waals surface area contributed by atoms with Gasteiger partial charge in [-0.1, -0.05) is 24.8 Å². The first kappa shape index (κ1) is 15.8. The number of furan rings is 1. The zero-order valence-electron chi connectivity index (χ0n) is 14.5. The summed E-state index contributed by atoms with van der Waals surface area (Å²) in [7, 11) is 0. The van der Waals surface area contributed by atoms with Gasteiger partial charge in [0, 0.05) is 29.9 Å². The van der Waals surface area contributed by atoms with Crippen LogP contribution in [0, 0.1) is 0 Å². The molecule has 0 radical (unpaired) electrons. The second-order valence-electron chi connectivity index (χ2n) is 6.78. The zero-order valence-corrected chi connectivity index (χ0v) is 15.3. The molecule has 5 heterocycles. The van der Waals surface area contributed by atoms with E-state index in [4.69, 9.17) is 9.41 Å². The van der Waals surface area contributed by atoms with E-state index in [1.54, 1.807) is 6.26 Å². The highest BCUT2D eigenvalue weighted by molar-refractivity contribution is 8.14. The molecule has 3 aromatic rings. The summed E-state index contributed by atoms with van der Waals surface area (Å²) in [4.78, 5) is 12.1. The van der Waals surface area contributed by atoms with Crippen molar-refractivity contribution in [3.63, 3.8) is 0 Å². The standard InChI is InChI=1S/C20H20N4OS/c1-14-12-24-19(17-8-4-10-23(17)13-15-6-5-11-25-15)18(22-20(24)26-14)16-7-2-3-9-21-16/h2-11,14,18-19H,12-13H2,1H3/t14-,18+,19+/m1/s1. The first-order valence-electron chi connectivity index (χ1n) is 8.89. The molecule has 1 saturated heterocycles. The maximum atomic E-state index is 5.56. The lowest BCUT2D eigenvalue weighted by Crippen LogP contribution is -2.30. The second kappa shape index (κ2) is 6.36. The smallest absolute Gasteiger partial charge is 0.160 e. The Bertz CT molecular complexity index is 918. The first-order valence-corrected chi connectivity index (χ1v) is 9.77. The summed E-state index contributed by atoms with van der Waals surface area (Å²) < 4.78 is 7.83. The van der Waals surface area contributed by atoms with Gasteiger partial charge < -0.3 is 13.9 Å². The van der Waals surface area contributed by atoms with Gasteiger partial charge in [-0.2, -0.15) is 0 Å². The van der Waals surface area contributed by atoms with Gasteiger partial charge in [0.1, 0.15) is 11.8 Å². The van der Waals surface area contributed by atoms with E-state index in [1.807, 2.05) is 42.2 Å². The van der Waals surface area contributed by atoms with E-state index < -0.39 is 0 Å². The lowest BCUT2D eigenvalue weighted by atomic mass is 10.0. The van der Waals surface area contributed by atoms with Crippen LogP contribution in [0.2, 0.25) is 0 Å². The van der Waals surface area contributed by atoms with Crippen LogP contribution in [0.1, 0.15) is 36.2 Å². The SMILES string of the molecule is C[C@@H]1CN2C(=N[C@@H](c3ccccn3)[C@@H]2c2cccn2Cc2ccco2)S1. The molecule has 0 spiro atoms. The Kier molecular flexibility index (Phi) is 3.85. The van der Waals surface area contributed by atoms with Crippen LogP contribution in [-0.2, 0) is 6.54 Å². The topological polar surface area (TPSA) is 46.6 Å². The van der Waals surface area contributed by atoms with Crippen molar-refractivity contribution < 1.29 is 4.42 Å². The van der Waals surface area contributed by atoms with E-state index in [2.05, 4.69) is 45.8 Å². The summed E-state index contributed by atoms with van der Waals surface area (Å²) in [5, 5.41) is 1.71. The number of amidine groups is 1. The molecule has 132 valence electrons. The minimum atomic E-state index is 0.0245. The van der Waals surface area contributed by atoms with Gasteiger partial charge in [0.05, 0.1) is 24.5 Å². The third-order valence-corrected chi connectivity index (χ3v) is 6.06. The van der Waals surface area contributed by atoms with Gasteiger partial charge in [0.25, 0.3) is 0 Å². The maximum Gasteiger partial charge on any atom is 0.160 e. The second-order valence-corrected chi connectivity index (χ2v) is 8.18. The Morgan fingerprint density at radius 2 is 2.15 bits per heavy atom. The minimum Gasteiger partial charge on any atom is -0.467 e. The molecule has 2 aliphatic rings. The van der Waals surface area contributed by atoms with E-state index in [-0.39, 0.29) is 12.1 Å². The number of fused-ring (bicyclic) bond motifs is 1. The molecular formula is C20H20N4OS. The highest BCUT2D eigenvalue weighted by Crippen LogP contribution is 2.47. The van der Waals surface area contributed by atoms with Crippen molar-refractivity contribution in [3.8, 4) is 0 Å². The first-order chi connectivity index (χ1) is 12.8. The summed E-state index contributed by atoms with van der Waals surface area (Å²) in [6.45, 7) is 4.01. The number of thioether (sulfide) groups is 1. The highest BCUT2D eigenvalue weighted by atomic mass is 32.2. The average molecular weight is 364 g/mol. The lowest BCUT2D eigenvalue weighted by molar-refractivity contribution is 0.306. The molecule has 0 amide bonds. The fraction of sp³-hybridized carbons (Fsp3) is 0.300. The summed E-state index contributed by atoms with van der Waals surface area (Å²) in [6, 6.07) is 14.5. The van der Waals surface area contributed by atoms with E-state index in [1.165, 1.54) is 5.69 Å². The molecule has 5 rings (SSSR count). The molecule has 0 bridgehead atoms. The number of pyridine rings is 1. The monoisotopic (exact) mass is 364 g/mol. The van der Waals surface area contributed by atoms with Crippen LogP contribution in [0.5, 0.6) is 0 Å². The fourth-order valence-electron chi connectivity index (χ4n) is 3.85. The van der Waals surface area contributed by atoms with Crippen molar-refractivity contribution in [1.82, 2.24) is 14.5 Å². The van der Waals surface area contributed by atoms with E-state index in [9.17, 15) is 0 Å². The van der Waals surface area contributed by atoms with E-state index in [0.717, 1.165) is 29.7 Å². The molecule has 6 heteroatoms. The van der Waals surface area contributed by atoms with Crippen molar-refractivity contribution in [1.29, 1.82) is 0 Å². The maximum absolute atomic E-state index is 5.56. The molecule has 1 fully saturated rings. The van der Waals surface area contributed by atoms with Gasteiger partial charge in [-0.25, -0.2) is 0 Å². The number of aromatic nitrogens is 2. The highest BCUT2D eigenvalue weighted by Gasteiger charge is 2.44. The minimum absolute atomic E-state index is 0.0245. The van der Waals surface area contributed by atoms with Gasteiger partial charge in [0.15, 0.2) is 5.17 Å². The normalized spacial score (nSPS) is 24.7. The Morgan fingerprint density at radius 3 is 2.96 bits per heavy atom. The molecule has 3 atom stereocenters. The summed E-state index contributed by atoms with van der Waals surface area (Å²) in [5.74, 6) is 0.958. The molecule has 0 aliphatic carbocycles. The predicted octanol–water partition coefficient (Wildman–Crippen LogP) is 4.11. The summed E-state index contributed by atoms with van der Waals surface area (Å²) in [5.41, 5.74) is 2.28. The van der Waals surface area contributed by atoms with Gasteiger partial charge in [-0.3, -0.25) is 9.98 Å². The Morgan fingerprint density at radius 1 is 1.19 bits per heavy atom. The molecule has 3 aromatic heterocycles. The van der Waals surface area contributed by atoms with Crippen molar-refractivity contribution in [3.05, 3.63) is 78.3 Å². The molecule has 0 unspecified atom stereocenters. The Labute approximate surface area is 156 Å². The number of hydrogen-bond acceptors (Lipinski definition) is 5. The van der Waals surface area contributed by atoms with E-state index >= 15 is 0 Å². The van der Waals surface area contributed by atoms with Crippen LogP contribution < -0.4 is 0 Å². The Balaban J connectivity index is 1.55. The zero-order chi connectivity index (χ0) is 17.5. The van der Waals surface area contributed by atoms with Gasteiger partial charge >= 0.3 is 0 Å². The van der Waals surface area contributed by atoms with E-state index in [0.29, 0.717) is 5.25 Å². The molecule has 26 heavy (non-hydrogen) atoms. The quantitative estimate of drug-likeness (QED) is 0.699. The number of rotatable bonds is 4. The van der Waals surface area contributed by atoms with Gasteiger partial charge in [-0.05, 0) is 36.4 Å². The summed E-state index contributed by atoms with van der Waals surface area (Å²) >= 11 is 1.87. The predicted molar refractivity (Wildman–Crippen MR) is 103 cm³/mol. The van der Waals surface area contributed by atoms with Crippen molar-refractivity contribution in [2.75, 3.05) is 6.54 Å². The Hall–Kier alpha value is -2.47. The van der Waals surface area contributed by atoms with Crippen LogP contribution in [0.3, 0.4) is 0 Å². The molecule has 0 saturated carbocycles. The van der Waals surface area contributed by atoms with Crippen LogP contribution in [0.15, 0.2) is 70.5 Å². The number of aliphatic imine (C=N–C) groups is 1. The molecule has 0 N–H and O–H groups in total. The third-order valence-electron chi connectivity index (χ3n) is 4.96. The van der Waals surface area contributed by atoms with Gasteiger partial charge in [-0.15, -0.1) is 0 Å². The molecule has 0 aromatic carbocycles.